The quantitative estimate of drug-likeness (QED) is 0.765. The summed E-state index contributed by atoms with van der Waals surface area (Å²) in [6.45, 7) is 2.98. The van der Waals surface area contributed by atoms with E-state index < -0.39 is 0 Å². The number of rotatable bonds is 5. The molecule has 0 atom stereocenters. The van der Waals surface area contributed by atoms with Gasteiger partial charge in [-0.3, -0.25) is 4.79 Å². The van der Waals surface area contributed by atoms with Crippen LogP contribution >= 0.6 is 0 Å². The van der Waals surface area contributed by atoms with Gasteiger partial charge in [0.1, 0.15) is 12.0 Å². The predicted molar refractivity (Wildman–Crippen MR) is 73.5 cm³/mol. The van der Waals surface area contributed by atoms with Gasteiger partial charge in [0.05, 0.1) is 20.3 Å². The Morgan fingerprint density at radius 1 is 1.50 bits per heavy atom. The van der Waals surface area contributed by atoms with E-state index in [1.165, 1.54) is 13.4 Å². The highest BCUT2D eigenvalue weighted by Crippen LogP contribution is 2.23. The van der Waals surface area contributed by atoms with Gasteiger partial charge in [-0.05, 0) is 0 Å². The summed E-state index contributed by atoms with van der Waals surface area (Å²) in [5.74, 6) is 0.897. The number of nitrogens with two attached hydrogens (primary N) is 1. The Hall–Kier alpha value is -2.09. The average molecular weight is 281 g/mol. The maximum atomic E-state index is 11.9. The molecular weight excluding hydrogens is 262 g/mol. The lowest BCUT2D eigenvalue weighted by Gasteiger charge is -2.26. The maximum Gasteiger partial charge on any atom is 0.242 e. The number of nitrogen functional groups attached to an aromatic ring is 1. The molecule has 1 saturated heterocycles. The number of methoxy groups -OCH3 is 1. The molecule has 1 aromatic heterocycles. The maximum absolute atomic E-state index is 11.9. The Bertz CT molecular complexity index is 462. The number of nitrogens with zero attached hydrogens (tertiary/aromatic N) is 3. The monoisotopic (exact) mass is 281 g/mol. The number of carbonyl (C=O) groups is 1. The van der Waals surface area contributed by atoms with Crippen molar-refractivity contribution in [3.8, 4) is 5.88 Å². The van der Waals surface area contributed by atoms with Crippen molar-refractivity contribution in [2.45, 2.75) is 6.42 Å². The van der Waals surface area contributed by atoms with Gasteiger partial charge in [-0.1, -0.05) is 0 Å². The van der Waals surface area contributed by atoms with Crippen LogP contribution in [0.4, 0.5) is 11.5 Å². The Labute approximate surface area is 117 Å². The van der Waals surface area contributed by atoms with Gasteiger partial charge in [-0.2, -0.15) is 4.98 Å². The first kappa shape index (κ1) is 14.3. The summed E-state index contributed by atoms with van der Waals surface area (Å²) in [5, 5.41) is 3.02. The number of carbonyl (C=O) groups excluding carboxylic acids is 1. The number of hydrogen-bond acceptors (Lipinski definition) is 7. The first-order valence-electron chi connectivity index (χ1n) is 6.46. The lowest BCUT2D eigenvalue weighted by Crippen LogP contribution is -2.41. The Morgan fingerprint density at radius 2 is 2.25 bits per heavy atom. The molecule has 1 aromatic rings. The molecule has 1 aliphatic heterocycles. The van der Waals surface area contributed by atoms with E-state index in [1.807, 2.05) is 0 Å². The van der Waals surface area contributed by atoms with E-state index in [0.29, 0.717) is 56.7 Å². The highest BCUT2D eigenvalue weighted by molar-refractivity contribution is 5.77. The van der Waals surface area contributed by atoms with Crippen molar-refractivity contribution in [3.63, 3.8) is 0 Å². The summed E-state index contributed by atoms with van der Waals surface area (Å²) in [5.41, 5.74) is 6.17. The van der Waals surface area contributed by atoms with Gasteiger partial charge in [0.15, 0.2) is 5.82 Å². The van der Waals surface area contributed by atoms with Crippen LogP contribution in [0, 0.1) is 0 Å². The zero-order chi connectivity index (χ0) is 14.4. The van der Waals surface area contributed by atoms with Crippen molar-refractivity contribution in [2.75, 3.05) is 51.0 Å². The van der Waals surface area contributed by atoms with Crippen LogP contribution in [0.1, 0.15) is 6.42 Å². The molecule has 0 aliphatic carbocycles. The molecule has 0 unspecified atom stereocenters. The van der Waals surface area contributed by atoms with E-state index in [4.69, 9.17) is 15.2 Å². The molecule has 1 amide bonds. The fraction of sp³-hybridized carbons (Fsp3) is 0.583. The number of aromatic nitrogens is 2. The van der Waals surface area contributed by atoms with Crippen LogP contribution < -0.4 is 15.8 Å². The molecule has 0 radical (unpaired) electrons. The van der Waals surface area contributed by atoms with E-state index in [2.05, 4.69) is 15.3 Å². The smallest absolute Gasteiger partial charge is 0.242 e. The molecule has 2 heterocycles. The van der Waals surface area contributed by atoms with Crippen LogP contribution in [-0.4, -0.2) is 60.7 Å². The van der Waals surface area contributed by atoms with Crippen LogP contribution in [0.3, 0.4) is 0 Å². The molecular formula is C12H19N5O3. The summed E-state index contributed by atoms with van der Waals surface area (Å²) in [6.07, 6.45) is 1.74. The van der Waals surface area contributed by atoms with Crippen molar-refractivity contribution in [1.82, 2.24) is 14.9 Å². The molecule has 3 N–H and O–H groups in total. The molecule has 1 fully saturated rings. The van der Waals surface area contributed by atoms with Crippen LogP contribution in [-0.2, 0) is 9.53 Å². The van der Waals surface area contributed by atoms with Gasteiger partial charge in [0.25, 0.3) is 0 Å². The third-order valence-electron chi connectivity index (χ3n) is 3.04. The second-order valence-corrected chi connectivity index (χ2v) is 4.32. The Kier molecular flexibility index (Phi) is 4.94. The van der Waals surface area contributed by atoms with Crippen LogP contribution in [0.15, 0.2) is 6.33 Å². The third kappa shape index (κ3) is 3.47. The molecule has 8 heteroatoms. The second-order valence-electron chi connectivity index (χ2n) is 4.32. The number of anilines is 2. The molecule has 8 nitrogen and oxygen atoms in total. The van der Waals surface area contributed by atoms with Crippen LogP contribution in [0.2, 0.25) is 0 Å². The highest BCUT2D eigenvalue weighted by atomic mass is 16.5. The third-order valence-corrected chi connectivity index (χ3v) is 3.04. The van der Waals surface area contributed by atoms with Gasteiger partial charge in [-0.15, -0.1) is 0 Å². The number of amides is 1. The van der Waals surface area contributed by atoms with Crippen molar-refractivity contribution >= 4 is 17.4 Å². The van der Waals surface area contributed by atoms with Gasteiger partial charge < -0.3 is 25.4 Å². The molecule has 0 spiro atoms. The predicted octanol–water partition coefficient (Wildman–Crippen LogP) is -0.272. The standard InChI is InChI=1S/C12H19N5O3/c1-19-12-10(13)11(15-8-16-12)14-3-2-9(18)17-4-6-20-7-5-17/h8H,2-7,13H2,1H3,(H,14,15,16). The average Bonchev–Trinajstić information content (AvgIpc) is 2.49. The lowest BCUT2D eigenvalue weighted by atomic mass is 10.3. The summed E-state index contributed by atoms with van der Waals surface area (Å²) in [7, 11) is 1.49. The molecule has 2 rings (SSSR count). The van der Waals surface area contributed by atoms with Crippen LogP contribution in [0.25, 0.3) is 0 Å². The van der Waals surface area contributed by atoms with E-state index in [9.17, 15) is 4.79 Å². The minimum atomic E-state index is 0.0976. The molecule has 1 aliphatic rings. The van der Waals surface area contributed by atoms with E-state index in [1.54, 1.807) is 4.90 Å². The summed E-state index contributed by atoms with van der Waals surface area (Å²) in [4.78, 5) is 21.6. The topological polar surface area (TPSA) is 103 Å². The molecule has 0 saturated carbocycles. The van der Waals surface area contributed by atoms with Gasteiger partial charge in [0.2, 0.25) is 11.8 Å². The van der Waals surface area contributed by atoms with E-state index in [0.717, 1.165) is 0 Å². The molecule has 110 valence electrons. The first-order chi connectivity index (χ1) is 9.72. The van der Waals surface area contributed by atoms with E-state index >= 15 is 0 Å². The number of ether oxygens (including phenoxy) is 2. The first-order valence-corrected chi connectivity index (χ1v) is 6.46. The van der Waals surface area contributed by atoms with Gasteiger partial charge >= 0.3 is 0 Å². The second kappa shape index (κ2) is 6.90. The SMILES string of the molecule is COc1ncnc(NCCC(=O)N2CCOCC2)c1N. The van der Waals surface area contributed by atoms with Crippen molar-refractivity contribution in [2.24, 2.45) is 0 Å². The van der Waals surface area contributed by atoms with Crippen molar-refractivity contribution in [3.05, 3.63) is 6.33 Å². The fourth-order valence-electron chi connectivity index (χ4n) is 1.94. The summed E-state index contributed by atoms with van der Waals surface area (Å²) in [6, 6.07) is 0. The Balaban J connectivity index is 1.82. The molecule has 0 aromatic carbocycles. The molecule has 0 bridgehead atoms. The normalized spacial score (nSPS) is 14.9. The number of hydrogen-bond donors (Lipinski definition) is 2. The lowest BCUT2D eigenvalue weighted by molar-refractivity contribution is -0.134. The Morgan fingerprint density at radius 3 is 2.95 bits per heavy atom. The minimum Gasteiger partial charge on any atom is -0.479 e. The zero-order valence-electron chi connectivity index (χ0n) is 11.5. The fourth-order valence-corrected chi connectivity index (χ4v) is 1.94. The summed E-state index contributed by atoms with van der Waals surface area (Å²) < 4.78 is 10.2. The van der Waals surface area contributed by atoms with Crippen molar-refractivity contribution in [1.29, 1.82) is 0 Å². The van der Waals surface area contributed by atoms with Gasteiger partial charge in [0, 0.05) is 26.1 Å². The molecule has 20 heavy (non-hydrogen) atoms. The zero-order valence-corrected chi connectivity index (χ0v) is 11.5. The van der Waals surface area contributed by atoms with Gasteiger partial charge in [-0.25, -0.2) is 4.98 Å². The number of morpholine rings is 1. The number of nitrogens with one attached hydrogen (secondary N) is 1. The summed E-state index contributed by atoms with van der Waals surface area (Å²) >= 11 is 0. The minimum absolute atomic E-state index is 0.0976. The highest BCUT2D eigenvalue weighted by Gasteiger charge is 2.16. The van der Waals surface area contributed by atoms with E-state index in [-0.39, 0.29) is 5.91 Å². The largest absolute Gasteiger partial charge is 0.479 e. The van der Waals surface area contributed by atoms with Crippen molar-refractivity contribution < 1.29 is 14.3 Å². The van der Waals surface area contributed by atoms with Crippen LogP contribution in [0.5, 0.6) is 5.88 Å².